The number of Topliss-reactive ketones (excluding diaryl/α,β-unsaturated/α-hetero) is 1. The zero-order valence-electron chi connectivity index (χ0n) is 24.1. The van der Waals surface area contributed by atoms with Crippen molar-refractivity contribution in [3.63, 3.8) is 0 Å². The van der Waals surface area contributed by atoms with Gasteiger partial charge in [0.1, 0.15) is 13.2 Å². The first-order chi connectivity index (χ1) is 20.7. The van der Waals surface area contributed by atoms with Crippen molar-refractivity contribution in [3.8, 4) is 0 Å². The van der Waals surface area contributed by atoms with Crippen LogP contribution in [0.5, 0.6) is 0 Å². The van der Waals surface area contributed by atoms with Gasteiger partial charge in [-0.05, 0) is 35.4 Å². The molecule has 0 saturated carbocycles. The maximum Gasteiger partial charge on any atom is 0.200 e. The highest BCUT2D eigenvalue weighted by molar-refractivity contribution is 6.39. The Morgan fingerprint density at radius 3 is 1.57 bits per heavy atom. The summed E-state index contributed by atoms with van der Waals surface area (Å²) in [4.78, 5) is 15.4. The van der Waals surface area contributed by atoms with E-state index in [1.165, 1.54) is 0 Å². The van der Waals surface area contributed by atoms with Crippen LogP contribution in [0.4, 0.5) is 5.69 Å². The van der Waals surface area contributed by atoms with Gasteiger partial charge >= 0.3 is 0 Å². The minimum Gasteiger partial charge on any atom is -0.871 e. The molecule has 0 N–H and O–H groups in total. The molecular formula is C32H40N2O8. The summed E-state index contributed by atoms with van der Waals surface area (Å²) in [5.41, 5.74) is 3.73. The Kier molecular flexibility index (Phi) is 11.5. The molecule has 10 heteroatoms. The zero-order chi connectivity index (χ0) is 29.0. The first kappa shape index (κ1) is 30.3. The van der Waals surface area contributed by atoms with Crippen LogP contribution < -0.4 is 10.0 Å². The molecule has 1 aromatic rings. The molecule has 10 nitrogen and oxygen atoms in total. The first-order valence-electron chi connectivity index (χ1n) is 14.7. The molecule has 0 radical (unpaired) electrons. The van der Waals surface area contributed by atoms with Crippen molar-refractivity contribution in [1.29, 1.82) is 0 Å². The van der Waals surface area contributed by atoms with Crippen LogP contribution in [-0.2, 0) is 33.2 Å². The van der Waals surface area contributed by atoms with Crippen LogP contribution in [0.2, 0.25) is 0 Å². The number of anilines is 1. The molecule has 4 aliphatic rings. The third-order valence-corrected chi connectivity index (χ3v) is 7.46. The molecule has 2 saturated heterocycles. The Morgan fingerprint density at radius 1 is 0.595 bits per heavy atom. The largest absolute Gasteiger partial charge is 0.871 e. The molecule has 2 aliphatic carbocycles. The van der Waals surface area contributed by atoms with Crippen molar-refractivity contribution in [2.75, 3.05) is 110 Å². The van der Waals surface area contributed by atoms with E-state index in [-0.39, 0.29) is 22.7 Å². The quantitative estimate of drug-likeness (QED) is 0.377. The van der Waals surface area contributed by atoms with Crippen LogP contribution >= 0.6 is 0 Å². The Morgan fingerprint density at radius 2 is 1.07 bits per heavy atom. The lowest BCUT2D eigenvalue weighted by Gasteiger charge is -2.32. The summed E-state index contributed by atoms with van der Waals surface area (Å²) >= 11 is 0. The number of ketones is 1. The predicted molar refractivity (Wildman–Crippen MR) is 156 cm³/mol. The molecule has 1 aromatic carbocycles. The van der Waals surface area contributed by atoms with E-state index >= 15 is 0 Å². The summed E-state index contributed by atoms with van der Waals surface area (Å²) in [6, 6.07) is 7.59. The van der Waals surface area contributed by atoms with Crippen LogP contribution in [0.15, 0.2) is 65.5 Å². The Labute approximate surface area is 247 Å². The third-order valence-electron chi connectivity index (χ3n) is 7.46. The van der Waals surface area contributed by atoms with Gasteiger partial charge in [-0.1, -0.05) is 17.9 Å². The molecule has 0 amide bonds. The van der Waals surface area contributed by atoms with E-state index in [0.717, 1.165) is 11.4 Å². The van der Waals surface area contributed by atoms with E-state index < -0.39 is 0 Å². The van der Waals surface area contributed by atoms with Crippen molar-refractivity contribution in [2.24, 2.45) is 0 Å². The lowest BCUT2D eigenvalue weighted by molar-refractivity contribution is -0.532. The van der Waals surface area contributed by atoms with E-state index in [0.29, 0.717) is 117 Å². The number of ether oxygens (including phenoxy) is 6. The summed E-state index contributed by atoms with van der Waals surface area (Å²) in [6.07, 6.45) is 7.59. The zero-order valence-corrected chi connectivity index (χ0v) is 24.1. The van der Waals surface area contributed by atoms with Gasteiger partial charge in [-0.15, -0.1) is 0 Å². The topological polar surface area (TPSA) is 102 Å². The van der Waals surface area contributed by atoms with Gasteiger partial charge in [-0.2, -0.15) is 0 Å². The molecular weight excluding hydrogens is 540 g/mol. The molecule has 226 valence electrons. The minimum atomic E-state index is -0.217. The van der Waals surface area contributed by atoms with Crippen molar-refractivity contribution < 1.29 is 42.9 Å². The van der Waals surface area contributed by atoms with Crippen molar-refractivity contribution in [1.82, 2.24) is 0 Å². The van der Waals surface area contributed by atoms with E-state index in [4.69, 9.17) is 28.4 Å². The molecule has 0 atom stereocenters. The number of allylic oxidation sites excluding steroid dienone is 7. The molecule has 0 unspecified atom stereocenters. The van der Waals surface area contributed by atoms with Crippen LogP contribution in [0.1, 0.15) is 5.56 Å². The van der Waals surface area contributed by atoms with Crippen molar-refractivity contribution >= 4 is 22.8 Å². The summed E-state index contributed by atoms with van der Waals surface area (Å²) < 4.78 is 35.8. The van der Waals surface area contributed by atoms with Gasteiger partial charge in [0, 0.05) is 42.1 Å². The molecule has 2 fully saturated rings. The second kappa shape index (κ2) is 15.9. The molecule has 2 aliphatic heterocycles. The fourth-order valence-corrected chi connectivity index (χ4v) is 5.12. The van der Waals surface area contributed by atoms with Gasteiger partial charge in [0.15, 0.2) is 24.6 Å². The molecule has 42 heavy (non-hydrogen) atoms. The van der Waals surface area contributed by atoms with E-state index in [9.17, 15) is 9.90 Å². The Balaban J connectivity index is 1.26. The smallest absolute Gasteiger partial charge is 0.200 e. The lowest BCUT2D eigenvalue weighted by Crippen LogP contribution is -2.32. The normalized spacial score (nSPS) is 22.7. The average molecular weight is 581 g/mol. The van der Waals surface area contributed by atoms with Gasteiger partial charge in [-0.3, -0.25) is 4.79 Å². The summed E-state index contributed by atoms with van der Waals surface area (Å²) in [5, 5.41) is 13.2. The standard InChI is InChI=1S/C32H40N2O8/c35-31-29(25-1-5-27(6-2-25)33-9-13-37-17-21-41-22-18-38-14-10-33)32(36)30(31)26-3-7-28(8-4-26)34-11-15-39-19-23-42-24-20-40-16-12-34/h1-8H,9-24H2. The van der Waals surface area contributed by atoms with Crippen LogP contribution in [0.3, 0.4) is 0 Å². The van der Waals surface area contributed by atoms with E-state index in [1.807, 2.05) is 48.6 Å². The molecule has 2 heterocycles. The minimum absolute atomic E-state index is 0.217. The van der Waals surface area contributed by atoms with Gasteiger partial charge in [0.05, 0.1) is 66.1 Å². The summed E-state index contributed by atoms with van der Waals surface area (Å²) in [7, 11) is 0. The van der Waals surface area contributed by atoms with Crippen molar-refractivity contribution in [2.45, 2.75) is 0 Å². The highest BCUT2D eigenvalue weighted by Crippen LogP contribution is 2.37. The van der Waals surface area contributed by atoms with Crippen molar-refractivity contribution in [3.05, 3.63) is 71.0 Å². The Hall–Kier alpha value is -3.12. The first-order valence-corrected chi connectivity index (χ1v) is 14.7. The number of hydrogen-bond acceptors (Lipinski definition) is 9. The monoisotopic (exact) mass is 580 g/mol. The third kappa shape index (κ3) is 8.03. The fraction of sp³-hybridized carbons (Fsp3) is 0.500. The lowest BCUT2D eigenvalue weighted by atomic mass is 9.80. The number of carbonyl (C=O) groups excluding carboxylic acids is 1. The SMILES string of the molecule is O=C1C(=C2C=CC(=[N+]3CCOCCOCCOCC3)C=C2)C([O-])=C1c1ccc(N2CCOCCOCCOCC2)cc1. The number of benzene rings is 1. The molecule has 5 rings (SSSR count). The maximum absolute atomic E-state index is 13.2. The second-order valence-electron chi connectivity index (χ2n) is 10.2. The molecule has 0 spiro atoms. The Bertz CT molecular complexity index is 1190. The highest BCUT2D eigenvalue weighted by Gasteiger charge is 2.30. The molecule has 0 aromatic heterocycles. The van der Waals surface area contributed by atoms with E-state index in [1.54, 1.807) is 0 Å². The number of hydrogen-bond donors (Lipinski definition) is 0. The molecule has 0 bridgehead atoms. The second-order valence-corrected chi connectivity index (χ2v) is 10.2. The van der Waals surface area contributed by atoms with Crippen LogP contribution in [0, 0.1) is 0 Å². The number of carbonyl (C=O) groups is 1. The van der Waals surface area contributed by atoms with Crippen LogP contribution in [0.25, 0.3) is 5.57 Å². The van der Waals surface area contributed by atoms with E-state index in [2.05, 4.69) is 9.48 Å². The highest BCUT2D eigenvalue weighted by atomic mass is 16.5. The number of rotatable bonds is 2. The average Bonchev–Trinajstić information content (AvgIpc) is 2.99. The van der Waals surface area contributed by atoms with Crippen LogP contribution in [-0.4, -0.2) is 122 Å². The number of nitrogens with zero attached hydrogens (tertiary/aromatic N) is 2. The fourth-order valence-electron chi connectivity index (χ4n) is 5.12. The van der Waals surface area contributed by atoms with Gasteiger partial charge in [0.25, 0.3) is 0 Å². The van der Waals surface area contributed by atoms with Gasteiger partial charge in [-0.25, -0.2) is 4.58 Å². The summed E-state index contributed by atoms with van der Waals surface area (Å²) in [6.45, 7) is 9.55. The van der Waals surface area contributed by atoms with Gasteiger partial charge in [0.2, 0.25) is 0 Å². The van der Waals surface area contributed by atoms with Gasteiger partial charge < -0.3 is 38.4 Å². The maximum atomic E-state index is 13.2. The summed E-state index contributed by atoms with van der Waals surface area (Å²) in [5.74, 6) is -0.433. The predicted octanol–water partition coefficient (Wildman–Crippen LogP) is 1.15.